The molecule has 0 unspecified atom stereocenters. The molecular weight excluding hydrogens is 242 g/mol. The molecule has 0 spiro atoms. The lowest BCUT2D eigenvalue weighted by molar-refractivity contribution is -0.117. The maximum absolute atomic E-state index is 12.1. The van der Waals surface area contributed by atoms with E-state index in [0.29, 0.717) is 13.1 Å². The van der Waals surface area contributed by atoms with E-state index in [1.165, 1.54) is 6.33 Å². The molecule has 0 saturated heterocycles. The molecular formula is C13H15N5O. The molecule has 0 bridgehead atoms. The van der Waals surface area contributed by atoms with Crippen molar-refractivity contribution in [2.75, 3.05) is 16.8 Å². The SMILES string of the molecule is CCn1ncnc1CN1C(=O)CNc2ccccc21. The Kier molecular flexibility index (Phi) is 2.91. The van der Waals surface area contributed by atoms with Crippen molar-refractivity contribution in [3.05, 3.63) is 36.4 Å². The summed E-state index contributed by atoms with van der Waals surface area (Å²) in [5, 5.41) is 7.25. The van der Waals surface area contributed by atoms with Crippen LogP contribution in [-0.4, -0.2) is 27.2 Å². The summed E-state index contributed by atoms with van der Waals surface area (Å²) in [5.41, 5.74) is 1.87. The van der Waals surface area contributed by atoms with E-state index in [9.17, 15) is 4.79 Å². The van der Waals surface area contributed by atoms with Gasteiger partial charge in [0.05, 0.1) is 24.5 Å². The van der Waals surface area contributed by atoms with Gasteiger partial charge < -0.3 is 10.2 Å². The summed E-state index contributed by atoms with van der Waals surface area (Å²) in [7, 11) is 0. The van der Waals surface area contributed by atoms with E-state index < -0.39 is 0 Å². The first kappa shape index (κ1) is 11.7. The van der Waals surface area contributed by atoms with Gasteiger partial charge in [-0.3, -0.25) is 4.79 Å². The van der Waals surface area contributed by atoms with E-state index in [-0.39, 0.29) is 5.91 Å². The highest BCUT2D eigenvalue weighted by molar-refractivity contribution is 6.02. The molecule has 1 aliphatic rings. The van der Waals surface area contributed by atoms with Crippen molar-refractivity contribution < 1.29 is 4.79 Å². The predicted molar refractivity (Wildman–Crippen MR) is 71.8 cm³/mol. The monoisotopic (exact) mass is 257 g/mol. The van der Waals surface area contributed by atoms with Crippen LogP contribution < -0.4 is 10.2 Å². The van der Waals surface area contributed by atoms with Crippen molar-refractivity contribution in [2.45, 2.75) is 20.0 Å². The summed E-state index contributed by atoms with van der Waals surface area (Å²) in [5.74, 6) is 0.844. The molecule has 3 rings (SSSR count). The summed E-state index contributed by atoms with van der Waals surface area (Å²) in [4.78, 5) is 18.1. The van der Waals surface area contributed by atoms with Gasteiger partial charge in [-0.2, -0.15) is 5.10 Å². The third-order valence-corrected chi connectivity index (χ3v) is 3.22. The van der Waals surface area contributed by atoms with E-state index in [1.54, 1.807) is 9.58 Å². The van der Waals surface area contributed by atoms with Crippen LogP contribution in [0.4, 0.5) is 11.4 Å². The highest BCUT2D eigenvalue weighted by Crippen LogP contribution is 2.29. The van der Waals surface area contributed by atoms with Gasteiger partial charge in [-0.1, -0.05) is 12.1 Å². The maximum atomic E-state index is 12.1. The van der Waals surface area contributed by atoms with E-state index >= 15 is 0 Å². The maximum Gasteiger partial charge on any atom is 0.246 e. The highest BCUT2D eigenvalue weighted by atomic mass is 16.2. The Hall–Kier alpha value is -2.37. The fraction of sp³-hybridized carbons (Fsp3) is 0.308. The molecule has 2 heterocycles. The molecule has 2 aromatic rings. The molecule has 1 aromatic carbocycles. The standard InChI is InChI=1S/C13H15N5O/c1-2-18-12(15-9-16-18)8-17-11-6-4-3-5-10(11)14-7-13(17)19/h3-6,9,14H,2,7-8H2,1H3. The molecule has 0 saturated carbocycles. The zero-order valence-corrected chi connectivity index (χ0v) is 10.7. The fourth-order valence-corrected chi connectivity index (χ4v) is 2.25. The van der Waals surface area contributed by atoms with Gasteiger partial charge >= 0.3 is 0 Å². The topological polar surface area (TPSA) is 63.1 Å². The Labute approximate surface area is 111 Å². The Balaban J connectivity index is 1.94. The number of carbonyl (C=O) groups is 1. The number of nitrogens with one attached hydrogen (secondary N) is 1. The van der Waals surface area contributed by atoms with Crippen LogP contribution in [0.15, 0.2) is 30.6 Å². The summed E-state index contributed by atoms with van der Waals surface area (Å²) in [6, 6.07) is 7.79. The van der Waals surface area contributed by atoms with Crippen LogP contribution in [0, 0.1) is 0 Å². The highest BCUT2D eigenvalue weighted by Gasteiger charge is 2.24. The van der Waals surface area contributed by atoms with Crippen LogP contribution in [0.3, 0.4) is 0 Å². The number of para-hydroxylation sites is 2. The molecule has 0 radical (unpaired) electrons. The smallest absolute Gasteiger partial charge is 0.246 e. The number of carbonyl (C=O) groups excluding carboxylic acids is 1. The third-order valence-electron chi connectivity index (χ3n) is 3.22. The van der Waals surface area contributed by atoms with Gasteiger partial charge in [0.15, 0.2) is 0 Å². The molecule has 0 atom stereocenters. The Morgan fingerprint density at radius 3 is 3.05 bits per heavy atom. The molecule has 6 heteroatoms. The van der Waals surface area contributed by atoms with Crippen molar-refractivity contribution in [1.82, 2.24) is 14.8 Å². The number of hydrogen-bond acceptors (Lipinski definition) is 4. The van der Waals surface area contributed by atoms with Gasteiger partial charge in [-0.05, 0) is 19.1 Å². The first-order chi connectivity index (χ1) is 9.29. The molecule has 98 valence electrons. The number of amides is 1. The number of benzene rings is 1. The number of anilines is 2. The number of aromatic nitrogens is 3. The fourth-order valence-electron chi connectivity index (χ4n) is 2.25. The van der Waals surface area contributed by atoms with Gasteiger partial charge in [0.2, 0.25) is 5.91 Å². The third kappa shape index (κ3) is 2.05. The Bertz CT molecular complexity index is 607. The molecule has 19 heavy (non-hydrogen) atoms. The van der Waals surface area contributed by atoms with E-state index in [0.717, 1.165) is 23.7 Å². The average Bonchev–Trinajstić information content (AvgIpc) is 2.89. The van der Waals surface area contributed by atoms with Crippen molar-refractivity contribution in [1.29, 1.82) is 0 Å². The lowest BCUT2D eigenvalue weighted by atomic mass is 10.2. The second-order valence-corrected chi connectivity index (χ2v) is 4.34. The second-order valence-electron chi connectivity index (χ2n) is 4.34. The van der Waals surface area contributed by atoms with Gasteiger partial charge in [-0.15, -0.1) is 0 Å². The quantitative estimate of drug-likeness (QED) is 0.899. The van der Waals surface area contributed by atoms with Gasteiger partial charge in [0.1, 0.15) is 12.2 Å². The zero-order valence-electron chi connectivity index (χ0n) is 10.7. The summed E-state index contributed by atoms with van der Waals surface area (Å²) < 4.78 is 1.80. The Morgan fingerprint density at radius 2 is 2.21 bits per heavy atom. The summed E-state index contributed by atoms with van der Waals surface area (Å²) in [6.45, 7) is 3.52. The minimum absolute atomic E-state index is 0.0457. The van der Waals surface area contributed by atoms with Crippen molar-refractivity contribution >= 4 is 17.3 Å². The minimum atomic E-state index is 0.0457. The lowest BCUT2D eigenvalue weighted by Crippen LogP contribution is -2.40. The van der Waals surface area contributed by atoms with Crippen LogP contribution in [-0.2, 0) is 17.9 Å². The van der Waals surface area contributed by atoms with Crippen LogP contribution in [0.1, 0.15) is 12.7 Å². The molecule has 1 amide bonds. The van der Waals surface area contributed by atoms with Gasteiger partial charge in [0.25, 0.3) is 0 Å². The predicted octanol–water partition coefficient (Wildman–Crippen LogP) is 1.26. The number of rotatable bonds is 3. The van der Waals surface area contributed by atoms with Crippen molar-refractivity contribution in [3.8, 4) is 0 Å². The number of aryl methyl sites for hydroxylation is 1. The van der Waals surface area contributed by atoms with Crippen LogP contribution in [0.5, 0.6) is 0 Å². The van der Waals surface area contributed by atoms with Gasteiger partial charge in [-0.25, -0.2) is 9.67 Å². The largest absolute Gasteiger partial charge is 0.374 e. The molecule has 0 aliphatic carbocycles. The normalized spacial score (nSPS) is 14.2. The van der Waals surface area contributed by atoms with E-state index in [1.807, 2.05) is 31.2 Å². The molecule has 1 N–H and O–H groups in total. The first-order valence-corrected chi connectivity index (χ1v) is 6.29. The van der Waals surface area contributed by atoms with Crippen LogP contribution in [0.25, 0.3) is 0 Å². The number of fused-ring (bicyclic) bond motifs is 1. The average molecular weight is 257 g/mol. The molecule has 1 aromatic heterocycles. The number of hydrogen-bond donors (Lipinski definition) is 1. The Morgan fingerprint density at radius 1 is 1.37 bits per heavy atom. The van der Waals surface area contributed by atoms with Gasteiger partial charge in [0, 0.05) is 6.54 Å². The number of nitrogens with zero attached hydrogens (tertiary/aromatic N) is 4. The first-order valence-electron chi connectivity index (χ1n) is 6.29. The molecule has 6 nitrogen and oxygen atoms in total. The summed E-state index contributed by atoms with van der Waals surface area (Å²) in [6.07, 6.45) is 1.53. The zero-order chi connectivity index (χ0) is 13.2. The second kappa shape index (κ2) is 4.72. The van der Waals surface area contributed by atoms with E-state index in [4.69, 9.17) is 0 Å². The lowest BCUT2D eigenvalue weighted by Gasteiger charge is -2.29. The molecule has 0 fully saturated rings. The minimum Gasteiger partial charge on any atom is -0.374 e. The van der Waals surface area contributed by atoms with Crippen molar-refractivity contribution in [3.63, 3.8) is 0 Å². The summed E-state index contributed by atoms with van der Waals surface area (Å²) >= 11 is 0. The van der Waals surface area contributed by atoms with E-state index in [2.05, 4.69) is 15.4 Å². The molecule has 1 aliphatic heterocycles. The van der Waals surface area contributed by atoms with Crippen LogP contribution in [0.2, 0.25) is 0 Å². The van der Waals surface area contributed by atoms with Crippen molar-refractivity contribution in [2.24, 2.45) is 0 Å². The van der Waals surface area contributed by atoms with Crippen LogP contribution >= 0.6 is 0 Å².